The van der Waals surface area contributed by atoms with Gasteiger partial charge in [0.1, 0.15) is 0 Å². The Morgan fingerprint density at radius 3 is 1.93 bits per heavy atom. The predicted molar refractivity (Wildman–Crippen MR) is 71.1 cm³/mol. The molecule has 0 bridgehead atoms. The molecule has 0 saturated heterocycles. The molecule has 0 fully saturated rings. The van der Waals surface area contributed by atoms with E-state index in [1.165, 1.54) is 44.9 Å². The third-order valence-electron chi connectivity index (χ3n) is 2.36. The maximum Gasteiger partial charge on any atom is -0.0172 e. The van der Waals surface area contributed by atoms with Gasteiger partial charge in [-0.15, -0.1) is 6.58 Å². The van der Waals surface area contributed by atoms with Gasteiger partial charge in [0.05, 0.1) is 0 Å². The molecule has 0 aromatic carbocycles. The van der Waals surface area contributed by atoms with Crippen LogP contribution in [0.1, 0.15) is 58.3 Å². The summed E-state index contributed by atoms with van der Waals surface area (Å²) in [5.41, 5.74) is 0. The Balaban J connectivity index is 3.04. The van der Waals surface area contributed by atoms with E-state index in [1.807, 2.05) is 6.08 Å². The number of allylic oxidation sites excluding steroid dienone is 5. The summed E-state index contributed by atoms with van der Waals surface area (Å²) >= 11 is 0. The molecule has 0 saturated carbocycles. The van der Waals surface area contributed by atoms with E-state index in [2.05, 4.69) is 37.8 Å². The van der Waals surface area contributed by atoms with Gasteiger partial charge in [-0.05, 0) is 38.5 Å². The second-order valence-corrected chi connectivity index (χ2v) is 3.87. The minimum absolute atomic E-state index is 1.02. The molecule has 0 rings (SSSR count). The monoisotopic (exact) mass is 206 g/mol. The normalized spacial score (nSPS) is 11.5. The van der Waals surface area contributed by atoms with E-state index in [0.29, 0.717) is 0 Å². The molecule has 15 heavy (non-hydrogen) atoms. The van der Waals surface area contributed by atoms with E-state index < -0.39 is 0 Å². The first kappa shape index (κ1) is 14.2. The van der Waals surface area contributed by atoms with Gasteiger partial charge in [0, 0.05) is 0 Å². The fourth-order valence-corrected chi connectivity index (χ4v) is 1.47. The standard InChI is InChI=1S/C15H26/c1-3-5-7-9-11-13-15-14-12-10-8-6-4-2/h3,6-9H,1,4-5,10-15H2,2H3. The Kier molecular flexibility index (Phi) is 12.5. The van der Waals surface area contributed by atoms with Crippen LogP contribution in [0.5, 0.6) is 0 Å². The largest absolute Gasteiger partial charge is 0.103 e. The van der Waals surface area contributed by atoms with Crippen LogP contribution in [-0.2, 0) is 0 Å². The molecule has 0 heterocycles. The van der Waals surface area contributed by atoms with Crippen molar-refractivity contribution in [2.24, 2.45) is 0 Å². The highest BCUT2D eigenvalue weighted by Gasteiger charge is 1.86. The zero-order valence-corrected chi connectivity index (χ0v) is 10.3. The lowest BCUT2D eigenvalue weighted by Gasteiger charge is -1.96. The molecule has 0 nitrogen and oxygen atoms in total. The first-order valence-corrected chi connectivity index (χ1v) is 6.32. The van der Waals surface area contributed by atoms with Crippen molar-refractivity contribution in [3.63, 3.8) is 0 Å². The van der Waals surface area contributed by atoms with E-state index in [9.17, 15) is 0 Å². The van der Waals surface area contributed by atoms with Gasteiger partial charge < -0.3 is 0 Å². The van der Waals surface area contributed by atoms with Crippen LogP contribution in [0.2, 0.25) is 0 Å². The molecule has 0 N–H and O–H groups in total. The lowest BCUT2D eigenvalue weighted by molar-refractivity contribution is 0.651. The summed E-state index contributed by atoms with van der Waals surface area (Å²) in [7, 11) is 0. The van der Waals surface area contributed by atoms with Crippen molar-refractivity contribution in [2.45, 2.75) is 58.3 Å². The summed E-state index contributed by atoms with van der Waals surface area (Å²) in [6.07, 6.45) is 21.1. The molecular weight excluding hydrogens is 180 g/mol. The molecule has 0 aliphatic carbocycles. The van der Waals surface area contributed by atoms with Crippen LogP contribution < -0.4 is 0 Å². The van der Waals surface area contributed by atoms with Gasteiger partial charge in [-0.1, -0.05) is 50.1 Å². The van der Waals surface area contributed by atoms with E-state index in [0.717, 1.165) is 6.42 Å². The molecule has 0 atom stereocenters. The van der Waals surface area contributed by atoms with Crippen LogP contribution in [0.25, 0.3) is 0 Å². The lowest BCUT2D eigenvalue weighted by atomic mass is 10.1. The number of unbranched alkanes of at least 4 members (excludes halogenated alkanes) is 5. The van der Waals surface area contributed by atoms with Crippen LogP contribution in [0.15, 0.2) is 37.0 Å². The fourth-order valence-electron chi connectivity index (χ4n) is 1.47. The molecule has 0 unspecified atom stereocenters. The Hall–Kier alpha value is -0.780. The summed E-state index contributed by atoms with van der Waals surface area (Å²) in [5.74, 6) is 0. The molecule has 0 heteroatoms. The summed E-state index contributed by atoms with van der Waals surface area (Å²) in [4.78, 5) is 0. The Labute approximate surface area is 95.8 Å². The Morgan fingerprint density at radius 1 is 0.800 bits per heavy atom. The van der Waals surface area contributed by atoms with Crippen molar-refractivity contribution in [3.05, 3.63) is 37.0 Å². The van der Waals surface area contributed by atoms with Crippen molar-refractivity contribution >= 4 is 0 Å². The topological polar surface area (TPSA) is 0 Å². The van der Waals surface area contributed by atoms with E-state index in [1.54, 1.807) is 0 Å². The van der Waals surface area contributed by atoms with Crippen LogP contribution in [-0.4, -0.2) is 0 Å². The molecular formula is C15H26. The Morgan fingerprint density at radius 2 is 1.40 bits per heavy atom. The van der Waals surface area contributed by atoms with Gasteiger partial charge in [-0.3, -0.25) is 0 Å². The highest BCUT2D eigenvalue weighted by atomic mass is 13.9. The van der Waals surface area contributed by atoms with Gasteiger partial charge in [0.15, 0.2) is 0 Å². The number of hydrogen-bond acceptors (Lipinski definition) is 0. The number of rotatable bonds is 10. The SMILES string of the molecule is C=CCC=CCCCCCCC=CCC. The quantitative estimate of drug-likeness (QED) is 0.330. The highest BCUT2D eigenvalue weighted by Crippen LogP contribution is 2.06. The van der Waals surface area contributed by atoms with Crippen molar-refractivity contribution in [3.8, 4) is 0 Å². The molecule has 0 aliphatic heterocycles. The zero-order chi connectivity index (χ0) is 11.2. The minimum Gasteiger partial charge on any atom is -0.103 e. The number of hydrogen-bond donors (Lipinski definition) is 0. The molecule has 0 amide bonds. The average molecular weight is 206 g/mol. The van der Waals surface area contributed by atoms with Crippen molar-refractivity contribution in [1.82, 2.24) is 0 Å². The van der Waals surface area contributed by atoms with Crippen molar-refractivity contribution in [1.29, 1.82) is 0 Å². The van der Waals surface area contributed by atoms with Crippen LogP contribution >= 0.6 is 0 Å². The first-order valence-electron chi connectivity index (χ1n) is 6.32. The zero-order valence-electron chi connectivity index (χ0n) is 10.3. The molecule has 0 spiro atoms. The third-order valence-corrected chi connectivity index (χ3v) is 2.36. The first-order chi connectivity index (χ1) is 7.41. The molecule has 0 radical (unpaired) electrons. The van der Waals surface area contributed by atoms with Crippen LogP contribution in [0, 0.1) is 0 Å². The smallest absolute Gasteiger partial charge is 0.0172 e. The second kappa shape index (κ2) is 13.2. The van der Waals surface area contributed by atoms with E-state index >= 15 is 0 Å². The Bertz CT molecular complexity index is 174. The molecule has 86 valence electrons. The summed E-state index contributed by atoms with van der Waals surface area (Å²) in [6, 6.07) is 0. The van der Waals surface area contributed by atoms with Crippen LogP contribution in [0.4, 0.5) is 0 Å². The lowest BCUT2D eigenvalue weighted by Crippen LogP contribution is -1.76. The highest BCUT2D eigenvalue weighted by molar-refractivity contribution is 4.88. The maximum atomic E-state index is 3.69. The fraction of sp³-hybridized carbons (Fsp3) is 0.600. The maximum absolute atomic E-state index is 3.69. The van der Waals surface area contributed by atoms with Crippen molar-refractivity contribution in [2.75, 3.05) is 0 Å². The van der Waals surface area contributed by atoms with Gasteiger partial charge >= 0.3 is 0 Å². The summed E-state index contributed by atoms with van der Waals surface area (Å²) < 4.78 is 0. The van der Waals surface area contributed by atoms with Crippen LogP contribution in [0.3, 0.4) is 0 Å². The average Bonchev–Trinajstić information content (AvgIpc) is 2.26. The van der Waals surface area contributed by atoms with Crippen molar-refractivity contribution < 1.29 is 0 Å². The molecule has 0 aromatic heterocycles. The summed E-state index contributed by atoms with van der Waals surface area (Å²) in [5, 5.41) is 0. The van der Waals surface area contributed by atoms with Gasteiger partial charge in [0.25, 0.3) is 0 Å². The molecule has 0 aromatic rings. The van der Waals surface area contributed by atoms with E-state index in [4.69, 9.17) is 0 Å². The second-order valence-electron chi connectivity index (χ2n) is 3.87. The van der Waals surface area contributed by atoms with Gasteiger partial charge in [-0.25, -0.2) is 0 Å². The minimum atomic E-state index is 1.02. The third kappa shape index (κ3) is 13.2. The predicted octanol–water partition coefficient (Wildman–Crippen LogP) is 5.43. The van der Waals surface area contributed by atoms with E-state index in [-0.39, 0.29) is 0 Å². The van der Waals surface area contributed by atoms with Gasteiger partial charge in [0.2, 0.25) is 0 Å². The molecule has 0 aliphatic rings. The summed E-state index contributed by atoms with van der Waals surface area (Å²) in [6.45, 7) is 5.87. The van der Waals surface area contributed by atoms with Gasteiger partial charge in [-0.2, -0.15) is 0 Å².